The van der Waals surface area contributed by atoms with Gasteiger partial charge >= 0.3 is 5.97 Å². The summed E-state index contributed by atoms with van der Waals surface area (Å²) in [4.78, 5) is 11.3. The summed E-state index contributed by atoms with van der Waals surface area (Å²) >= 11 is 0. The first-order chi connectivity index (χ1) is 13.9. The normalized spacial score (nSPS) is 16.3. The minimum Gasteiger partial charge on any atom is -0.480 e. The van der Waals surface area contributed by atoms with Gasteiger partial charge in [0.05, 0.1) is 4.90 Å². The Balaban J connectivity index is 1.56. The summed E-state index contributed by atoms with van der Waals surface area (Å²) in [7, 11) is -3.65. The molecule has 0 saturated carbocycles. The van der Waals surface area contributed by atoms with Crippen LogP contribution >= 0.6 is 0 Å². The third-order valence-corrected chi connectivity index (χ3v) is 7.38. The number of carboxylic acids is 1. The maximum Gasteiger partial charge on any atom is 0.323 e. The number of aliphatic carboxylic acids is 1. The van der Waals surface area contributed by atoms with Gasteiger partial charge in [0.2, 0.25) is 10.0 Å². The summed E-state index contributed by atoms with van der Waals surface area (Å²) in [5, 5.41) is 10.2. The van der Waals surface area contributed by atoms with Crippen LogP contribution in [0.3, 0.4) is 0 Å². The monoisotopic (exact) mass is 416 g/mol. The predicted octanol–water partition coefficient (Wildman–Crippen LogP) is 3.43. The highest BCUT2D eigenvalue weighted by atomic mass is 32.2. The van der Waals surface area contributed by atoms with E-state index in [1.807, 2.05) is 30.5 Å². The van der Waals surface area contributed by atoms with E-state index in [1.54, 1.807) is 4.57 Å². The van der Waals surface area contributed by atoms with Gasteiger partial charge in [-0.05, 0) is 54.7 Å². The molecule has 0 aliphatic carbocycles. The third-order valence-electron chi connectivity index (χ3n) is 5.47. The van der Waals surface area contributed by atoms with E-state index in [0.717, 1.165) is 28.6 Å². The molecule has 0 atom stereocenters. The summed E-state index contributed by atoms with van der Waals surface area (Å²) in [5.41, 5.74) is 1.92. The number of hydrogen-bond acceptors (Lipinski definition) is 3. The van der Waals surface area contributed by atoms with E-state index in [-0.39, 0.29) is 17.4 Å². The fourth-order valence-electron chi connectivity index (χ4n) is 4.04. The summed E-state index contributed by atoms with van der Waals surface area (Å²) in [6.07, 6.45) is 3.16. The highest BCUT2D eigenvalue weighted by Crippen LogP contribution is 2.35. The van der Waals surface area contributed by atoms with Crippen molar-refractivity contribution in [1.82, 2.24) is 8.87 Å². The van der Waals surface area contributed by atoms with Crippen molar-refractivity contribution in [3.05, 3.63) is 66.1 Å². The molecule has 152 valence electrons. The van der Waals surface area contributed by atoms with Gasteiger partial charge in [-0.15, -0.1) is 0 Å². The molecule has 0 radical (unpaired) electrons. The number of halogens is 1. The van der Waals surface area contributed by atoms with E-state index in [4.69, 9.17) is 0 Å². The molecule has 1 aliphatic rings. The van der Waals surface area contributed by atoms with E-state index >= 15 is 0 Å². The summed E-state index contributed by atoms with van der Waals surface area (Å²) in [5.74, 6) is -1.23. The number of sulfonamides is 1. The molecule has 6 nitrogen and oxygen atoms in total. The maximum atomic E-state index is 13.1. The quantitative estimate of drug-likeness (QED) is 0.691. The molecule has 1 N–H and O–H groups in total. The Morgan fingerprint density at radius 3 is 2.38 bits per heavy atom. The van der Waals surface area contributed by atoms with Gasteiger partial charge in [0, 0.05) is 30.2 Å². The summed E-state index contributed by atoms with van der Waals surface area (Å²) < 4.78 is 41.9. The minimum atomic E-state index is -3.65. The average molecular weight is 416 g/mol. The molecule has 8 heteroatoms. The van der Waals surface area contributed by atoms with Gasteiger partial charge in [-0.2, -0.15) is 4.31 Å². The van der Waals surface area contributed by atoms with E-state index in [2.05, 4.69) is 0 Å². The number of fused-ring (bicyclic) bond motifs is 1. The van der Waals surface area contributed by atoms with Crippen molar-refractivity contribution in [2.75, 3.05) is 13.1 Å². The van der Waals surface area contributed by atoms with Crippen LogP contribution in [0.25, 0.3) is 10.9 Å². The number of carbonyl (C=O) groups is 1. The minimum absolute atomic E-state index is 0.0930. The standard InChI is InChI=1S/C21H21FN2O4S/c22-16-5-7-17(8-6-16)29(27,28)24-11-9-15(10-12-24)19-13-23(14-21(25)26)20-4-2-1-3-18(19)20/h1-8,13,15H,9-12,14H2,(H,25,26). The summed E-state index contributed by atoms with van der Waals surface area (Å²) in [6.45, 7) is 0.615. The second-order valence-electron chi connectivity index (χ2n) is 7.26. The maximum absolute atomic E-state index is 13.1. The molecule has 0 spiro atoms. The van der Waals surface area contributed by atoms with Crippen LogP contribution in [0.15, 0.2) is 59.6 Å². The zero-order valence-corrected chi connectivity index (χ0v) is 16.5. The SMILES string of the molecule is O=C(O)Cn1cc(C2CCN(S(=O)(=O)c3ccc(F)cc3)CC2)c2ccccc21. The van der Waals surface area contributed by atoms with Gasteiger partial charge in [0.25, 0.3) is 0 Å². The number of benzene rings is 2. The van der Waals surface area contributed by atoms with E-state index in [0.29, 0.717) is 25.9 Å². The lowest BCUT2D eigenvalue weighted by Gasteiger charge is -2.31. The van der Waals surface area contributed by atoms with Crippen LogP contribution in [-0.2, 0) is 21.4 Å². The van der Waals surface area contributed by atoms with Crippen LogP contribution < -0.4 is 0 Å². The van der Waals surface area contributed by atoms with Gasteiger partial charge in [0.1, 0.15) is 12.4 Å². The van der Waals surface area contributed by atoms with Crippen LogP contribution in [0.4, 0.5) is 4.39 Å². The highest BCUT2D eigenvalue weighted by molar-refractivity contribution is 7.89. The molecule has 1 aliphatic heterocycles. The Hall–Kier alpha value is -2.71. The fourth-order valence-corrected chi connectivity index (χ4v) is 5.51. The fraction of sp³-hybridized carbons (Fsp3) is 0.286. The van der Waals surface area contributed by atoms with Crippen molar-refractivity contribution in [2.24, 2.45) is 0 Å². The number of rotatable bonds is 5. The lowest BCUT2D eigenvalue weighted by atomic mass is 9.90. The molecule has 29 heavy (non-hydrogen) atoms. The first-order valence-electron chi connectivity index (χ1n) is 9.41. The number of piperidine rings is 1. The van der Waals surface area contributed by atoms with Gasteiger partial charge in [-0.1, -0.05) is 18.2 Å². The highest BCUT2D eigenvalue weighted by Gasteiger charge is 2.31. The van der Waals surface area contributed by atoms with Crippen molar-refractivity contribution < 1.29 is 22.7 Å². The topological polar surface area (TPSA) is 79.6 Å². The molecule has 3 aromatic rings. The largest absolute Gasteiger partial charge is 0.480 e. The van der Waals surface area contributed by atoms with Gasteiger partial charge in [-0.3, -0.25) is 4.79 Å². The first-order valence-corrected chi connectivity index (χ1v) is 10.9. The van der Waals surface area contributed by atoms with E-state index < -0.39 is 21.8 Å². The molecule has 2 heterocycles. The van der Waals surface area contributed by atoms with Gasteiger partial charge in [0.15, 0.2) is 0 Å². The Kier molecular flexibility index (Phi) is 5.14. The van der Waals surface area contributed by atoms with E-state index in [9.17, 15) is 22.7 Å². The van der Waals surface area contributed by atoms with Crippen LogP contribution in [0.2, 0.25) is 0 Å². The third kappa shape index (κ3) is 3.77. The second-order valence-corrected chi connectivity index (χ2v) is 9.19. The number of carboxylic acid groups (broad SMARTS) is 1. The van der Waals surface area contributed by atoms with Gasteiger partial charge < -0.3 is 9.67 Å². The van der Waals surface area contributed by atoms with Crippen molar-refractivity contribution in [3.8, 4) is 0 Å². The average Bonchev–Trinajstić information content (AvgIpc) is 3.06. The zero-order chi connectivity index (χ0) is 20.6. The Bertz CT molecular complexity index is 1150. The molecule has 0 amide bonds. The smallest absolute Gasteiger partial charge is 0.323 e. The number of nitrogens with zero attached hydrogens (tertiary/aromatic N) is 2. The summed E-state index contributed by atoms with van der Waals surface area (Å²) in [6, 6.07) is 12.5. The molecular formula is C21H21FN2O4S. The lowest BCUT2D eigenvalue weighted by Crippen LogP contribution is -2.37. The molecule has 0 unspecified atom stereocenters. The second kappa shape index (κ2) is 7.61. The number of para-hydroxylation sites is 1. The van der Waals surface area contributed by atoms with Crippen LogP contribution in [-0.4, -0.2) is 41.5 Å². The lowest BCUT2D eigenvalue weighted by molar-refractivity contribution is -0.137. The predicted molar refractivity (Wildman–Crippen MR) is 107 cm³/mol. The molecule has 1 saturated heterocycles. The van der Waals surface area contributed by atoms with Crippen LogP contribution in [0.5, 0.6) is 0 Å². The molecular weight excluding hydrogens is 395 g/mol. The Morgan fingerprint density at radius 1 is 1.07 bits per heavy atom. The molecule has 2 aromatic carbocycles. The van der Waals surface area contributed by atoms with Crippen molar-refractivity contribution >= 4 is 26.9 Å². The van der Waals surface area contributed by atoms with Crippen LogP contribution in [0, 0.1) is 5.82 Å². The van der Waals surface area contributed by atoms with Crippen molar-refractivity contribution in [3.63, 3.8) is 0 Å². The number of hydrogen-bond donors (Lipinski definition) is 1. The van der Waals surface area contributed by atoms with Crippen molar-refractivity contribution in [2.45, 2.75) is 30.2 Å². The zero-order valence-electron chi connectivity index (χ0n) is 15.7. The molecule has 0 bridgehead atoms. The van der Waals surface area contributed by atoms with Gasteiger partial charge in [-0.25, -0.2) is 12.8 Å². The molecule has 1 aromatic heterocycles. The van der Waals surface area contributed by atoms with Crippen LogP contribution in [0.1, 0.15) is 24.3 Å². The van der Waals surface area contributed by atoms with E-state index in [1.165, 1.54) is 16.4 Å². The Labute approximate surface area is 168 Å². The van der Waals surface area contributed by atoms with Crippen molar-refractivity contribution in [1.29, 1.82) is 0 Å². The number of aromatic nitrogens is 1. The molecule has 1 fully saturated rings. The Morgan fingerprint density at radius 2 is 1.72 bits per heavy atom. The molecule has 4 rings (SSSR count). The first kappa shape index (κ1) is 19.6.